The van der Waals surface area contributed by atoms with E-state index in [1.54, 1.807) is 10.9 Å². The largest absolute Gasteiger partial charge is 0.388 e. The van der Waals surface area contributed by atoms with Gasteiger partial charge in [0.1, 0.15) is 6.29 Å². The molecule has 3 N–H and O–H groups in total. The van der Waals surface area contributed by atoms with Crippen LogP contribution in [0.5, 0.6) is 0 Å². The van der Waals surface area contributed by atoms with Crippen molar-refractivity contribution >= 4 is 23.4 Å². The fourth-order valence-corrected chi connectivity index (χ4v) is 3.41. The van der Waals surface area contributed by atoms with Crippen LogP contribution in [0.1, 0.15) is 24.6 Å². The molecule has 0 saturated carbocycles. The molecule has 6 nitrogen and oxygen atoms in total. The molecule has 1 aliphatic rings. The fraction of sp³-hybridized carbons (Fsp3) is 0.238. The van der Waals surface area contributed by atoms with Crippen molar-refractivity contribution in [1.82, 2.24) is 19.5 Å². The second kappa shape index (κ2) is 7.95. The van der Waals surface area contributed by atoms with E-state index < -0.39 is 0 Å². The van der Waals surface area contributed by atoms with Gasteiger partial charge in [0.2, 0.25) is 0 Å². The first kappa shape index (κ1) is 18.5. The lowest BCUT2D eigenvalue weighted by atomic mass is 10.0. The molecule has 27 heavy (non-hydrogen) atoms. The molecule has 0 aromatic carbocycles. The monoisotopic (exact) mass is 363 g/mol. The standard InChI is InChI=1S/C19H21N5.C2H4O/c1-21-14-7-3-4-8-17-15(11-14)16(12-23(17)2)18-10-13-6-5-9-22-19(13)24(18)20;1-2-3/h3,5-7,9-12,21H,4,8,20H2,1-2H3;2H,1H3/b7-3-,14-11+;. The van der Waals surface area contributed by atoms with Gasteiger partial charge in [0, 0.05) is 54.4 Å². The molecule has 0 bridgehead atoms. The predicted molar refractivity (Wildman–Crippen MR) is 111 cm³/mol. The van der Waals surface area contributed by atoms with E-state index in [0.29, 0.717) is 0 Å². The highest BCUT2D eigenvalue weighted by atomic mass is 16.1. The van der Waals surface area contributed by atoms with Gasteiger partial charge < -0.3 is 20.5 Å². The molecule has 0 fully saturated rings. The smallest absolute Gasteiger partial charge is 0.158 e. The average Bonchev–Trinajstić information content (AvgIpc) is 3.12. The van der Waals surface area contributed by atoms with Crippen molar-refractivity contribution in [2.24, 2.45) is 7.05 Å². The summed E-state index contributed by atoms with van der Waals surface area (Å²) in [4.78, 5) is 13.2. The third-order valence-electron chi connectivity index (χ3n) is 4.66. The Bertz CT molecular complexity index is 1020. The van der Waals surface area contributed by atoms with Gasteiger partial charge in [-0.1, -0.05) is 6.08 Å². The second-order valence-electron chi connectivity index (χ2n) is 6.36. The van der Waals surface area contributed by atoms with Crippen LogP contribution in [-0.2, 0) is 18.3 Å². The predicted octanol–water partition coefficient (Wildman–Crippen LogP) is 3.02. The molecule has 4 rings (SSSR count). The Morgan fingerprint density at radius 3 is 2.85 bits per heavy atom. The number of aromatic nitrogens is 3. The highest BCUT2D eigenvalue weighted by Crippen LogP contribution is 2.33. The summed E-state index contributed by atoms with van der Waals surface area (Å²) in [6.07, 6.45) is 13.3. The number of rotatable bonds is 2. The molecule has 140 valence electrons. The summed E-state index contributed by atoms with van der Waals surface area (Å²) in [6.45, 7) is 1.44. The van der Waals surface area contributed by atoms with E-state index >= 15 is 0 Å². The maximum Gasteiger partial charge on any atom is 0.158 e. The molecule has 6 heteroatoms. The molecule has 0 unspecified atom stereocenters. The topological polar surface area (TPSA) is 77.9 Å². The number of likely N-dealkylation sites (N-methyl/N-ethyl adjacent to an activating group) is 1. The number of hydrogen-bond donors (Lipinski definition) is 2. The minimum Gasteiger partial charge on any atom is -0.388 e. The minimum atomic E-state index is 0.750. The van der Waals surface area contributed by atoms with Crippen LogP contribution in [0.2, 0.25) is 0 Å². The second-order valence-corrected chi connectivity index (χ2v) is 6.36. The fourth-order valence-electron chi connectivity index (χ4n) is 3.41. The van der Waals surface area contributed by atoms with Crippen LogP contribution >= 0.6 is 0 Å². The van der Waals surface area contributed by atoms with Gasteiger partial charge in [-0.05, 0) is 50.1 Å². The number of nitrogens with zero attached hydrogens (tertiary/aromatic N) is 3. The van der Waals surface area contributed by atoms with E-state index in [0.717, 1.165) is 47.1 Å². The summed E-state index contributed by atoms with van der Waals surface area (Å²) in [6, 6.07) is 6.09. The van der Waals surface area contributed by atoms with E-state index in [1.807, 2.05) is 19.2 Å². The third-order valence-corrected chi connectivity index (χ3v) is 4.66. The lowest BCUT2D eigenvalue weighted by Crippen LogP contribution is -2.10. The zero-order valence-electron chi connectivity index (χ0n) is 15.9. The number of nitrogen functional groups attached to an aromatic ring is 1. The number of allylic oxidation sites excluding steroid dienone is 2. The summed E-state index contributed by atoms with van der Waals surface area (Å²) >= 11 is 0. The maximum absolute atomic E-state index is 8.81. The molecular weight excluding hydrogens is 338 g/mol. The Morgan fingerprint density at radius 2 is 2.15 bits per heavy atom. The minimum absolute atomic E-state index is 0.750. The van der Waals surface area contributed by atoms with Crippen molar-refractivity contribution in [2.75, 3.05) is 12.9 Å². The summed E-state index contributed by atoms with van der Waals surface area (Å²) in [5, 5.41) is 4.31. The Hall–Kier alpha value is -3.28. The molecule has 1 aliphatic carbocycles. The Balaban J connectivity index is 0.000000659. The number of carbonyl (C=O) groups excluding carboxylic acids is 1. The SMILES string of the molecule is CC=O.CNC1=C/c2c(-c3cc4cccnc4n3N)cn(C)c2CC/C=C\1. The summed E-state index contributed by atoms with van der Waals surface area (Å²) in [5.41, 5.74) is 6.56. The number of pyridine rings is 1. The van der Waals surface area contributed by atoms with Crippen LogP contribution in [0.25, 0.3) is 28.4 Å². The van der Waals surface area contributed by atoms with Gasteiger partial charge in [-0.3, -0.25) is 0 Å². The van der Waals surface area contributed by atoms with E-state index in [2.05, 4.69) is 52.4 Å². The van der Waals surface area contributed by atoms with Crippen molar-refractivity contribution in [3.63, 3.8) is 0 Å². The average molecular weight is 363 g/mol. The first-order valence-electron chi connectivity index (χ1n) is 8.96. The van der Waals surface area contributed by atoms with E-state index in [9.17, 15) is 0 Å². The van der Waals surface area contributed by atoms with Crippen LogP contribution in [0.15, 0.2) is 48.4 Å². The van der Waals surface area contributed by atoms with E-state index in [-0.39, 0.29) is 0 Å². The quantitative estimate of drug-likeness (QED) is 0.542. The Morgan fingerprint density at radius 1 is 1.37 bits per heavy atom. The number of nitrogens with one attached hydrogen (secondary N) is 1. The van der Waals surface area contributed by atoms with Crippen molar-refractivity contribution in [1.29, 1.82) is 0 Å². The summed E-state index contributed by atoms with van der Waals surface area (Å²) in [5.74, 6) is 6.35. The Labute approximate surface area is 159 Å². The number of hydrogen-bond acceptors (Lipinski definition) is 4. The lowest BCUT2D eigenvalue weighted by molar-refractivity contribution is -0.106. The molecule has 0 spiro atoms. The van der Waals surface area contributed by atoms with Crippen LogP contribution < -0.4 is 11.2 Å². The molecule has 0 radical (unpaired) electrons. The maximum atomic E-state index is 8.81. The molecule has 3 heterocycles. The van der Waals surface area contributed by atoms with Crippen LogP contribution in [0.3, 0.4) is 0 Å². The molecule has 0 aliphatic heterocycles. The zero-order valence-corrected chi connectivity index (χ0v) is 15.9. The first-order valence-corrected chi connectivity index (χ1v) is 8.96. The number of nitrogens with two attached hydrogens (primary N) is 1. The molecular formula is C21H25N5O. The molecule has 0 atom stereocenters. The molecule has 0 amide bonds. The number of carbonyl (C=O) groups is 1. The number of aryl methyl sites for hydroxylation is 1. The summed E-state index contributed by atoms with van der Waals surface area (Å²) in [7, 11) is 4.05. The van der Waals surface area contributed by atoms with Crippen LogP contribution in [0.4, 0.5) is 0 Å². The highest BCUT2D eigenvalue weighted by molar-refractivity contribution is 5.87. The van der Waals surface area contributed by atoms with E-state index in [4.69, 9.17) is 10.6 Å². The van der Waals surface area contributed by atoms with Crippen LogP contribution in [0, 0.1) is 0 Å². The van der Waals surface area contributed by atoms with Crippen molar-refractivity contribution < 1.29 is 4.79 Å². The van der Waals surface area contributed by atoms with Crippen LogP contribution in [-0.4, -0.2) is 27.6 Å². The molecule has 3 aromatic heterocycles. The highest BCUT2D eigenvalue weighted by Gasteiger charge is 2.19. The molecule has 3 aromatic rings. The van der Waals surface area contributed by atoms with Gasteiger partial charge >= 0.3 is 0 Å². The van der Waals surface area contributed by atoms with E-state index in [1.165, 1.54) is 18.2 Å². The van der Waals surface area contributed by atoms with Crippen molar-refractivity contribution in [2.45, 2.75) is 19.8 Å². The van der Waals surface area contributed by atoms with Gasteiger partial charge in [-0.2, -0.15) is 0 Å². The number of aldehydes is 1. The number of fused-ring (bicyclic) bond motifs is 2. The zero-order chi connectivity index (χ0) is 19.4. The first-order chi connectivity index (χ1) is 13.1. The van der Waals surface area contributed by atoms with Gasteiger partial charge in [-0.25, -0.2) is 9.66 Å². The van der Waals surface area contributed by atoms with Gasteiger partial charge in [0.05, 0.1) is 5.69 Å². The lowest BCUT2D eigenvalue weighted by Gasteiger charge is -2.10. The van der Waals surface area contributed by atoms with Gasteiger partial charge in [0.15, 0.2) is 5.65 Å². The van der Waals surface area contributed by atoms with Gasteiger partial charge in [0.25, 0.3) is 0 Å². The van der Waals surface area contributed by atoms with Crippen molar-refractivity contribution in [3.8, 4) is 11.3 Å². The van der Waals surface area contributed by atoms with Crippen molar-refractivity contribution in [3.05, 3.63) is 59.7 Å². The molecule has 0 saturated heterocycles. The summed E-state index contributed by atoms with van der Waals surface area (Å²) < 4.78 is 3.89. The third kappa shape index (κ3) is 3.51. The van der Waals surface area contributed by atoms with Gasteiger partial charge in [-0.15, -0.1) is 0 Å². The Kier molecular flexibility index (Phi) is 5.45. The normalized spacial score (nSPS) is 16.2.